The van der Waals surface area contributed by atoms with Gasteiger partial charge in [-0.1, -0.05) is 29.5 Å². The molecule has 0 saturated carbocycles. The number of carbonyl (C=O) groups is 1. The predicted molar refractivity (Wildman–Crippen MR) is 99.0 cm³/mol. The maximum atomic E-state index is 12.4. The van der Waals surface area contributed by atoms with E-state index in [-0.39, 0.29) is 5.91 Å². The Balaban J connectivity index is 1.65. The second-order valence-corrected chi connectivity index (χ2v) is 7.68. The fourth-order valence-electron chi connectivity index (χ4n) is 2.26. The highest BCUT2D eigenvalue weighted by Crippen LogP contribution is 2.32. The molecule has 23 heavy (non-hydrogen) atoms. The zero-order valence-corrected chi connectivity index (χ0v) is 14.5. The molecule has 1 N–H and O–H groups in total. The van der Waals surface area contributed by atoms with Gasteiger partial charge in [-0.25, -0.2) is 9.97 Å². The molecular formula is C16H11N3OS3. The number of aromatic nitrogens is 2. The molecule has 0 aliphatic heterocycles. The van der Waals surface area contributed by atoms with Crippen molar-refractivity contribution in [1.29, 1.82) is 0 Å². The summed E-state index contributed by atoms with van der Waals surface area (Å²) in [5.41, 5.74) is 1.78. The number of para-hydroxylation sites is 2. The molecule has 1 amide bonds. The number of thiazole rings is 2. The summed E-state index contributed by atoms with van der Waals surface area (Å²) in [5, 5.41) is 3.92. The molecule has 4 rings (SSSR count). The van der Waals surface area contributed by atoms with Gasteiger partial charge in [0.2, 0.25) is 0 Å². The van der Waals surface area contributed by atoms with E-state index in [9.17, 15) is 4.79 Å². The van der Waals surface area contributed by atoms with Gasteiger partial charge in [0, 0.05) is 4.90 Å². The molecule has 0 spiro atoms. The lowest BCUT2D eigenvalue weighted by Crippen LogP contribution is -2.11. The van der Waals surface area contributed by atoms with Crippen LogP contribution in [0.4, 0.5) is 5.13 Å². The monoisotopic (exact) mass is 357 g/mol. The fourth-order valence-corrected chi connectivity index (χ4v) is 4.64. The second-order valence-electron chi connectivity index (χ2n) is 4.77. The number of fused-ring (bicyclic) bond motifs is 2. The lowest BCUT2D eigenvalue weighted by Gasteiger charge is -1.96. The number of benzene rings is 2. The molecule has 0 fully saturated rings. The third kappa shape index (κ3) is 2.71. The van der Waals surface area contributed by atoms with Crippen molar-refractivity contribution in [3.05, 3.63) is 47.5 Å². The minimum atomic E-state index is -0.212. The van der Waals surface area contributed by atoms with Crippen LogP contribution < -0.4 is 5.32 Å². The zero-order valence-electron chi connectivity index (χ0n) is 12.1. The quantitative estimate of drug-likeness (QED) is 0.531. The summed E-state index contributed by atoms with van der Waals surface area (Å²) < 4.78 is 2.07. The highest BCUT2D eigenvalue weighted by Gasteiger charge is 2.15. The molecule has 0 aliphatic rings. The number of anilines is 1. The summed E-state index contributed by atoms with van der Waals surface area (Å²) >= 11 is 4.52. The predicted octanol–water partition coefficient (Wildman–Crippen LogP) is 4.88. The first-order chi connectivity index (χ1) is 11.2. The first-order valence-electron chi connectivity index (χ1n) is 6.85. The van der Waals surface area contributed by atoms with Gasteiger partial charge < -0.3 is 0 Å². The Kier molecular flexibility index (Phi) is 3.76. The van der Waals surface area contributed by atoms with Gasteiger partial charge >= 0.3 is 0 Å². The summed E-state index contributed by atoms with van der Waals surface area (Å²) in [6.07, 6.45) is 2.02. The van der Waals surface area contributed by atoms with Crippen LogP contribution in [0.15, 0.2) is 47.4 Å². The molecule has 0 bridgehead atoms. The molecule has 2 heterocycles. The SMILES string of the molecule is CSc1cccc2sc(NC(=O)c3nc4ccccc4s3)nc12. The van der Waals surface area contributed by atoms with Crippen LogP contribution in [-0.4, -0.2) is 22.1 Å². The molecule has 0 unspecified atom stereocenters. The highest BCUT2D eigenvalue weighted by molar-refractivity contribution is 7.98. The van der Waals surface area contributed by atoms with Gasteiger partial charge in [0.15, 0.2) is 10.1 Å². The molecule has 0 aliphatic carbocycles. The van der Waals surface area contributed by atoms with Crippen molar-refractivity contribution in [3.8, 4) is 0 Å². The zero-order chi connectivity index (χ0) is 15.8. The van der Waals surface area contributed by atoms with E-state index in [4.69, 9.17) is 0 Å². The molecular weight excluding hydrogens is 346 g/mol. The molecule has 114 valence electrons. The van der Waals surface area contributed by atoms with Crippen molar-refractivity contribution in [2.75, 3.05) is 11.6 Å². The third-order valence-electron chi connectivity index (χ3n) is 3.31. The smallest absolute Gasteiger partial charge is 0.286 e. The summed E-state index contributed by atoms with van der Waals surface area (Å²) in [5.74, 6) is -0.212. The van der Waals surface area contributed by atoms with Crippen molar-refractivity contribution in [3.63, 3.8) is 0 Å². The Hall–Kier alpha value is -1.96. The summed E-state index contributed by atoms with van der Waals surface area (Å²) in [4.78, 5) is 22.4. The molecule has 4 nitrogen and oxygen atoms in total. The van der Waals surface area contributed by atoms with Crippen molar-refractivity contribution in [2.45, 2.75) is 4.90 Å². The minimum absolute atomic E-state index is 0.212. The van der Waals surface area contributed by atoms with Crippen molar-refractivity contribution < 1.29 is 4.79 Å². The van der Waals surface area contributed by atoms with Crippen molar-refractivity contribution in [1.82, 2.24) is 9.97 Å². The lowest BCUT2D eigenvalue weighted by molar-refractivity contribution is 0.102. The number of nitrogens with zero attached hydrogens (tertiary/aromatic N) is 2. The minimum Gasteiger partial charge on any atom is -0.296 e. The van der Waals surface area contributed by atoms with Gasteiger partial charge in [-0.2, -0.15) is 0 Å². The van der Waals surface area contributed by atoms with Crippen LogP contribution in [0.25, 0.3) is 20.4 Å². The van der Waals surface area contributed by atoms with E-state index >= 15 is 0 Å². The number of nitrogens with one attached hydrogen (secondary N) is 1. The van der Waals surface area contributed by atoms with E-state index in [1.54, 1.807) is 11.8 Å². The molecule has 0 radical (unpaired) electrons. The van der Waals surface area contributed by atoms with Gasteiger partial charge in [-0.15, -0.1) is 23.1 Å². The number of hydrogen-bond donors (Lipinski definition) is 1. The Morgan fingerprint density at radius 1 is 1.04 bits per heavy atom. The Labute approximate surface area is 144 Å². The van der Waals surface area contributed by atoms with Gasteiger partial charge in [0.25, 0.3) is 5.91 Å². The second kappa shape index (κ2) is 5.92. The van der Waals surface area contributed by atoms with E-state index in [0.29, 0.717) is 10.1 Å². The first-order valence-corrected chi connectivity index (χ1v) is 9.71. The largest absolute Gasteiger partial charge is 0.296 e. The molecule has 7 heteroatoms. The number of carbonyl (C=O) groups excluding carboxylic acids is 1. The van der Waals surface area contributed by atoms with Crippen LogP contribution >= 0.6 is 34.4 Å². The maximum absolute atomic E-state index is 12.4. The van der Waals surface area contributed by atoms with E-state index in [0.717, 1.165) is 25.3 Å². The fraction of sp³-hybridized carbons (Fsp3) is 0.0625. The maximum Gasteiger partial charge on any atom is 0.286 e. The van der Waals surface area contributed by atoms with Gasteiger partial charge in [-0.05, 0) is 30.5 Å². The van der Waals surface area contributed by atoms with Gasteiger partial charge in [-0.3, -0.25) is 10.1 Å². The number of amides is 1. The first kappa shape index (κ1) is 14.6. The summed E-state index contributed by atoms with van der Waals surface area (Å²) in [6, 6.07) is 13.8. The van der Waals surface area contributed by atoms with Crippen LogP contribution in [-0.2, 0) is 0 Å². The van der Waals surface area contributed by atoms with Crippen LogP contribution in [0.1, 0.15) is 9.80 Å². The molecule has 4 aromatic rings. The average Bonchev–Trinajstić information content (AvgIpc) is 3.17. The van der Waals surface area contributed by atoms with E-state index in [2.05, 4.69) is 15.3 Å². The summed E-state index contributed by atoms with van der Waals surface area (Å²) in [7, 11) is 0. The van der Waals surface area contributed by atoms with Gasteiger partial charge in [0.1, 0.15) is 0 Å². The number of rotatable bonds is 3. The van der Waals surface area contributed by atoms with Crippen LogP contribution in [0.5, 0.6) is 0 Å². The number of hydrogen-bond acceptors (Lipinski definition) is 6. The van der Waals surface area contributed by atoms with Crippen LogP contribution in [0, 0.1) is 0 Å². The average molecular weight is 357 g/mol. The van der Waals surface area contributed by atoms with Gasteiger partial charge in [0.05, 0.1) is 20.4 Å². The Morgan fingerprint density at radius 2 is 1.87 bits per heavy atom. The van der Waals surface area contributed by atoms with Crippen LogP contribution in [0.2, 0.25) is 0 Å². The third-order valence-corrected chi connectivity index (χ3v) is 6.05. The Bertz CT molecular complexity index is 989. The van der Waals surface area contributed by atoms with Crippen LogP contribution in [0.3, 0.4) is 0 Å². The molecule has 2 aromatic carbocycles. The van der Waals surface area contributed by atoms with Crippen molar-refractivity contribution in [2.24, 2.45) is 0 Å². The topological polar surface area (TPSA) is 54.9 Å². The lowest BCUT2D eigenvalue weighted by atomic mass is 10.3. The Morgan fingerprint density at radius 3 is 2.70 bits per heavy atom. The highest BCUT2D eigenvalue weighted by atomic mass is 32.2. The van der Waals surface area contributed by atoms with E-state index in [1.807, 2.05) is 48.7 Å². The summed E-state index contributed by atoms with van der Waals surface area (Å²) in [6.45, 7) is 0. The molecule has 2 aromatic heterocycles. The van der Waals surface area contributed by atoms with E-state index in [1.165, 1.54) is 22.7 Å². The van der Waals surface area contributed by atoms with Crippen molar-refractivity contribution >= 4 is 65.9 Å². The molecule has 0 atom stereocenters. The standard InChI is InChI=1S/C16H11N3OS3/c1-21-11-7-4-8-12-13(11)18-16(23-12)19-14(20)15-17-9-5-2-3-6-10(9)22-15/h2-8H,1H3,(H,18,19,20). The van der Waals surface area contributed by atoms with E-state index < -0.39 is 0 Å². The molecule has 0 saturated heterocycles. The number of thioether (sulfide) groups is 1. The normalized spacial score (nSPS) is 11.2.